The number of nitrogens with zero attached hydrogens (tertiary/aromatic N) is 1. The van der Waals surface area contributed by atoms with E-state index in [1.165, 1.54) is 18.3 Å². The third kappa shape index (κ3) is 4.52. The van der Waals surface area contributed by atoms with Crippen molar-refractivity contribution in [2.75, 3.05) is 11.5 Å². The first kappa shape index (κ1) is 14.8. The van der Waals surface area contributed by atoms with Crippen molar-refractivity contribution in [3.8, 4) is 0 Å². The summed E-state index contributed by atoms with van der Waals surface area (Å²) in [4.78, 5) is 26.7. The van der Waals surface area contributed by atoms with Crippen LogP contribution in [0.1, 0.15) is 35.3 Å². The summed E-state index contributed by atoms with van der Waals surface area (Å²) < 4.78 is 0. The first-order valence-corrected chi connectivity index (χ1v) is 7.83. The Bertz CT molecular complexity index is 487. The van der Waals surface area contributed by atoms with Crippen LogP contribution >= 0.6 is 11.8 Å². The molecule has 1 aliphatic heterocycles. The van der Waals surface area contributed by atoms with E-state index in [4.69, 9.17) is 5.11 Å². The molecule has 1 saturated heterocycles. The Labute approximate surface area is 122 Å². The molecular weight excluding hydrogens is 276 g/mol. The molecular formula is C14H18N2O3S. The number of carboxylic acid groups (broad SMARTS) is 1. The van der Waals surface area contributed by atoms with Crippen molar-refractivity contribution in [2.24, 2.45) is 5.92 Å². The van der Waals surface area contributed by atoms with Gasteiger partial charge in [0.2, 0.25) is 5.91 Å². The van der Waals surface area contributed by atoms with Crippen LogP contribution < -0.4 is 5.32 Å². The molecule has 0 aromatic carbocycles. The predicted molar refractivity (Wildman–Crippen MR) is 77.7 cm³/mol. The minimum Gasteiger partial charge on any atom is -0.478 e. The van der Waals surface area contributed by atoms with Gasteiger partial charge in [-0.2, -0.15) is 11.8 Å². The monoisotopic (exact) mass is 294 g/mol. The number of hydrogen-bond donors (Lipinski definition) is 2. The first-order valence-electron chi connectivity index (χ1n) is 6.68. The summed E-state index contributed by atoms with van der Waals surface area (Å²) >= 11 is 1.94. The Kier molecular flexibility index (Phi) is 5.40. The van der Waals surface area contributed by atoms with Gasteiger partial charge in [0.05, 0.1) is 17.8 Å². The zero-order valence-electron chi connectivity index (χ0n) is 11.2. The van der Waals surface area contributed by atoms with E-state index in [0.717, 1.165) is 24.3 Å². The van der Waals surface area contributed by atoms with Gasteiger partial charge in [0, 0.05) is 12.6 Å². The number of carbonyl (C=O) groups is 2. The van der Waals surface area contributed by atoms with Crippen LogP contribution in [0.15, 0.2) is 18.3 Å². The number of hydrogen-bond acceptors (Lipinski definition) is 4. The first-order chi connectivity index (χ1) is 9.65. The molecule has 0 bridgehead atoms. The van der Waals surface area contributed by atoms with Crippen molar-refractivity contribution in [1.29, 1.82) is 0 Å². The normalized spacial score (nSPS) is 15.8. The Balaban J connectivity index is 1.80. The lowest BCUT2D eigenvalue weighted by atomic mass is 9.98. The molecule has 1 aromatic rings. The van der Waals surface area contributed by atoms with Crippen molar-refractivity contribution < 1.29 is 14.7 Å². The summed E-state index contributed by atoms with van der Waals surface area (Å²) in [6.07, 6.45) is 4.21. The van der Waals surface area contributed by atoms with E-state index in [0.29, 0.717) is 18.0 Å². The van der Waals surface area contributed by atoms with Crippen LogP contribution in [0.25, 0.3) is 0 Å². The number of rotatable bonds is 5. The molecule has 1 fully saturated rings. The van der Waals surface area contributed by atoms with Crippen LogP contribution in [-0.4, -0.2) is 33.5 Å². The lowest BCUT2D eigenvalue weighted by Gasteiger charge is -2.20. The highest BCUT2D eigenvalue weighted by Crippen LogP contribution is 2.25. The molecule has 0 unspecified atom stereocenters. The molecule has 1 aromatic heterocycles. The van der Waals surface area contributed by atoms with Crippen molar-refractivity contribution in [3.05, 3.63) is 29.6 Å². The fourth-order valence-electron chi connectivity index (χ4n) is 2.18. The second kappa shape index (κ2) is 7.28. The lowest BCUT2D eigenvalue weighted by Crippen LogP contribution is -2.26. The van der Waals surface area contributed by atoms with E-state index in [2.05, 4.69) is 10.3 Å². The molecule has 0 spiro atoms. The number of carboxylic acids is 1. The fraction of sp³-hybridized carbons (Fsp3) is 0.500. The second-order valence-corrected chi connectivity index (χ2v) is 6.10. The SMILES string of the molecule is O=C(CC1CCSCC1)NCc1cc(C(=O)O)ccn1. The number of aromatic nitrogens is 1. The molecule has 6 heteroatoms. The Morgan fingerprint density at radius 3 is 2.85 bits per heavy atom. The van der Waals surface area contributed by atoms with Gasteiger partial charge in [0.15, 0.2) is 0 Å². The summed E-state index contributed by atoms with van der Waals surface area (Å²) in [7, 11) is 0. The third-order valence-corrected chi connectivity index (χ3v) is 4.39. The Morgan fingerprint density at radius 1 is 1.40 bits per heavy atom. The molecule has 0 saturated carbocycles. The molecule has 2 heterocycles. The quantitative estimate of drug-likeness (QED) is 0.867. The molecule has 1 amide bonds. The number of aromatic carboxylic acids is 1. The average molecular weight is 294 g/mol. The number of amides is 1. The molecule has 2 rings (SSSR count). The molecule has 1 aliphatic rings. The number of pyridine rings is 1. The van der Waals surface area contributed by atoms with Crippen molar-refractivity contribution in [1.82, 2.24) is 10.3 Å². The predicted octanol–water partition coefficient (Wildman–Crippen LogP) is 1.93. The van der Waals surface area contributed by atoms with Crippen LogP contribution in [0.3, 0.4) is 0 Å². The maximum atomic E-state index is 11.8. The van der Waals surface area contributed by atoms with Gasteiger partial charge in [-0.15, -0.1) is 0 Å². The summed E-state index contributed by atoms with van der Waals surface area (Å²) in [5, 5.41) is 11.7. The van der Waals surface area contributed by atoms with Crippen molar-refractivity contribution in [3.63, 3.8) is 0 Å². The van der Waals surface area contributed by atoms with Gasteiger partial charge in [-0.25, -0.2) is 4.79 Å². The maximum Gasteiger partial charge on any atom is 0.335 e. The highest BCUT2D eigenvalue weighted by Gasteiger charge is 2.17. The van der Waals surface area contributed by atoms with Crippen LogP contribution in [0.2, 0.25) is 0 Å². The topological polar surface area (TPSA) is 79.3 Å². The zero-order chi connectivity index (χ0) is 14.4. The number of thioether (sulfide) groups is 1. The van der Waals surface area contributed by atoms with Crippen molar-refractivity contribution >= 4 is 23.6 Å². The van der Waals surface area contributed by atoms with Gasteiger partial charge in [-0.05, 0) is 42.4 Å². The molecule has 0 aliphatic carbocycles. The van der Waals surface area contributed by atoms with E-state index in [1.807, 2.05) is 11.8 Å². The third-order valence-electron chi connectivity index (χ3n) is 3.35. The molecule has 5 nitrogen and oxygen atoms in total. The second-order valence-electron chi connectivity index (χ2n) is 4.88. The van der Waals surface area contributed by atoms with Gasteiger partial charge < -0.3 is 10.4 Å². The van der Waals surface area contributed by atoms with Crippen LogP contribution in [0.5, 0.6) is 0 Å². The minimum atomic E-state index is -0.986. The highest BCUT2D eigenvalue weighted by atomic mass is 32.2. The lowest BCUT2D eigenvalue weighted by molar-refractivity contribution is -0.122. The van der Waals surface area contributed by atoms with E-state index < -0.39 is 5.97 Å². The molecule has 108 valence electrons. The van der Waals surface area contributed by atoms with E-state index in [9.17, 15) is 9.59 Å². The van der Waals surface area contributed by atoms with Gasteiger partial charge in [-0.3, -0.25) is 9.78 Å². The fourth-order valence-corrected chi connectivity index (χ4v) is 3.39. The van der Waals surface area contributed by atoms with Crippen LogP contribution in [-0.2, 0) is 11.3 Å². The Morgan fingerprint density at radius 2 is 2.15 bits per heavy atom. The molecule has 20 heavy (non-hydrogen) atoms. The summed E-state index contributed by atoms with van der Waals surface area (Å²) in [5.74, 6) is 1.79. The maximum absolute atomic E-state index is 11.8. The average Bonchev–Trinajstić information content (AvgIpc) is 2.46. The number of carbonyl (C=O) groups excluding carboxylic acids is 1. The van der Waals surface area contributed by atoms with Gasteiger partial charge in [-0.1, -0.05) is 0 Å². The summed E-state index contributed by atoms with van der Waals surface area (Å²) in [6.45, 7) is 0.279. The van der Waals surface area contributed by atoms with E-state index in [1.54, 1.807) is 0 Å². The minimum absolute atomic E-state index is 0.0180. The largest absolute Gasteiger partial charge is 0.478 e. The summed E-state index contributed by atoms with van der Waals surface area (Å²) in [5.41, 5.74) is 0.756. The smallest absolute Gasteiger partial charge is 0.335 e. The van der Waals surface area contributed by atoms with Crippen LogP contribution in [0, 0.1) is 5.92 Å². The van der Waals surface area contributed by atoms with Crippen LogP contribution in [0.4, 0.5) is 0 Å². The Hall–Kier alpha value is -1.56. The molecule has 0 atom stereocenters. The van der Waals surface area contributed by atoms with Gasteiger partial charge in [0.1, 0.15) is 0 Å². The standard InChI is InChI=1S/C14H18N2O3S/c17-13(7-10-2-5-20-6-3-10)16-9-12-8-11(14(18)19)1-4-15-12/h1,4,8,10H,2-3,5-7,9H2,(H,16,17)(H,18,19). The van der Waals surface area contributed by atoms with E-state index in [-0.39, 0.29) is 18.0 Å². The van der Waals surface area contributed by atoms with E-state index >= 15 is 0 Å². The highest BCUT2D eigenvalue weighted by molar-refractivity contribution is 7.99. The zero-order valence-corrected chi connectivity index (χ0v) is 12.0. The molecule has 0 radical (unpaired) electrons. The molecule has 2 N–H and O–H groups in total. The van der Waals surface area contributed by atoms with Gasteiger partial charge in [0.25, 0.3) is 0 Å². The number of nitrogens with one attached hydrogen (secondary N) is 1. The summed E-state index contributed by atoms with van der Waals surface area (Å²) in [6, 6.07) is 2.92. The van der Waals surface area contributed by atoms with Gasteiger partial charge >= 0.3 is 5.97 Å². The van der Waals surface area contributed by atoms with Crippen molar-refractivity contribution in [2.45, 2.75) is 25.8 Å².